The molecule has 0 saturated carbocycles. The summed E-state index contributed by atoms with van der Waals surface area (Å²) in [4.78, 5) is 0. The molecule has 0 saturated heterocycles. The van der Waals surface area contributed by atoms with Crippen molar-refractivity contribution in [2.24, 2.45) is 0 Å². The van der Waals surface area contributed by atoms with Gasteiger partial charge in [0.1, 0.15) is 0 Å². The van der Waals surface area contributed by atoms with Gasteiger partial charge in [-0.25, -0.2) is 0 Å². The fraction of sp³-hybridized carbons (Fsp3) is 0.0233. The zero-order valence-electron chi connectivity index (χ0n) is 25.0. The molecule has 0 N–H and O–H groups in total. The molecule has 0 spiro atoms. The third kappa shape index (κ3) is 4.03. The van der Waals surface area contributed by atoms with Crippen LogP contribution in [0.2, 0.25) is 0 Å². The van der Waals surface area contributed by atoms with Crippen LogP contribution < -0.4 is 0 Å². The lowest BCUT2D eigenvalue weighted by Crippen LogP contribution is -2.01. The van der Waals surface area contributed by atoms with E-state index in [-0.39, 0.29) is 0 Å². The highest BCUT2D eigenvalue weighted by Gasteiger charge is 2.18. The van der Waals surface area contributed by atoms with Gasteiger partial charge in [-0.2, -0.15) is 0 Å². The number of hydrogen-bond donors (Lipinski definition) is 0. The topological polar surface area (TPSA) is 9.86 Å². The average molecular weight is 575 g/mol. The monoisotopic (exact) mass is 574 g/mol. The van der Waals surface area contributed by atoms with Crippen LogP contribution in [0.25, 0.3) is 77.2 Å². The molecule has 0 fully saturated rings. The zero-order valence-corrected chi connectivity index (χ0v) is 25.0. The van der Waals surface area contributed by atoms with Crippen molar-refractivity contribution in [3.63, 3.8) is 0 Å². The first-order chi connectivity index (χ1) is 22.2. The minimum Gasteiger partial charge on any atom is -0.309 e. The standard InChI is InChI=1S/C43H30N2/c1-29-12-10-13-30(26-29)31-14-11-15-32(27-31)38-28-33(44-39-20-6-2-16-34(39)35-17-3-7-21-40(35)44)24-25-43(38)45-41-22-8-4-18-36(41)37-19-5-9-23-42(37)45/h2-28H,1H3. The highest BCUT2D eigenvalue weighted by atomic mass is 15.0. The minimum atomic E-state index is 1.15. The average Bonchev–Trinajstić information content (AvgIpc) is 3.61. The van der Waals surface area contributed by atoms with Gasteiger partial charge in [-0.1, -0.05) is 121 Å². The molecule has 2 heteroatoms. The summed E-state index contributed by atoms with van der Waals surface area (Å²) in [6, 6.07) is 59.7. The van der Waals surface area contributed by atoms with Crippen LogP contribution >= 0.6 is 0 Å². The van der Waals surface area contributed by atoms with Crippen molar-refractivity contribution in [2.75, 3.05) is 0 Å². The molecular formula is C43H30N2. The summed E-state index contributed by atoms with van der Waals surface area (Å²) in [5.41, 5.74) is 13.2. The number of nitrogens with zero attached hydrogens (tertiary/aromatic N) is 2. The molecule has 0 amide bonds. The molecule has 0 aliphatic carbocycles. The van der Waals surface area contributed by atoms with E-state index in [1.807, 2.05) is 0 Å². The number of aromatic nitrogens is 2. The largest absolute Gasteiger partial charge is 0.309 e. The van der Waals surface area contributed by atoms with Gasteiger partial charge in [-0.15, -0.1) is 0 Å². The maximum atomic E-state index is 2.44. The van der Waals surface area contributed by atoms with Gasteiger partial charge >= 0.3 is 0 Å². The molecule has 9 rings (SSSR count). The molecule has 0 unspecified atom stereocenters. The molecular weight excluding hydrogens is 544 g/mol. The number of benzene rings is 7. The summed E-state index contributed by atoms with van der Waals surface area (Å²) in [5, 5.41) is 5.06. The van der Waals surface area contributed by atoms with E-state index in [2.05, 4.69) is 180 Å². The lowest BCUT2D eigenvalue weighted by atomic mass is 9.96. The van der Waals surface area contributed by atoms with Crippen LogP contribution in [0.3, 0.4) is 0 Å². The molecule has 212 valence electrons. The molecule has 0 aliphatic rings. The van der Waals surface area contributed by atoms with Crippen LogP contribution in [0.4, 0.5) is 0 Å². The molecule has 0 radical (unpaired) electrons. The van der Waals surface area contributed by atoms with E-state index in [0.717, 1.165) is 5.69 Å². The SMILES string of the molecule is Cc1cccc(-c2cccc(-c3cc(-n4c5ccccc5c5ccccc54)ccc3-n3c4ccccc4c4ccccc43)c2)c1. The van der Waals surface area contributed by atoms with Crippen molar-refractivity contribution in [2.45, 2.75) is 6.92 Å². The smallest absolute Gasteiger partial charge is 0.0542 e. The normalized spacial score (nSPS) is 11.7. The van der Waals surface area contributed by atoms with E-state index in [1.54, 1.807) is 0 Å². The highest BCUT2D eigenvalue weighted by Crippen LogP contribution is 2.40. The Bertz CT molecular complexity index is 2450. The van der Waals surface area contributed by atoms with Crippen LogP contribution in [0.5, 0.6) is 0 Å². The number of para-hydroxylation sites is 4. The van der Waals surface area contributed by atoms with E-state index in [0.29, 0.717) is 0 Å². The second-order valence-electron chi connectivity index (χ2n) is 11.9. The summed E-state index contributed by atoms with van der Waals surface area (Å²) >= 11 is 0. The van der Waals surface area contributed by atoms with Gasteiger partial charge in [0.2, 0.25) is 0 Å². The zero-order chi connectivity index (χ0) is 29.9. The van der Waals surface area contributed by atoms with Crippen LogP contribution in [0, 0.1) is 6.92 Å². The first-order valence-corrected chi connectivity index (χ1v) is 15.5. The Labute approximate surface area is 262 Å². The second-order valence-corrected chi connectivity index (χ2v) is 11.9. The van der Waals surface area contributed by atoms with E-state index < -0.39 is 0 Å². The van der Waals surface area contributed by atoms with Gasteiger partial charge in [0.05, 0.1) is 27.8 Å². The quantitative estimate of drug-likeness (QED) is 0.198. The fourth-order valence-electron chi connectivity index (χ4n) is 7.16. The highest BCUT2D eigenvalue weighted by molar-refractivity contribution is 6.11. The molecule has 45 heavy (non-hydrogen) atoms. The van der Waals surface area contributed by atoms with E-state index >= 15 is 0 Å². The van der Waals surface area contributed by atoms with Gasteiger partial charge in [0.25, 0.3) is 0 Å². The summed E-state index contributed by atoms with van der Waals surface area (Å²) in [6.45, 7) is 2.16. The number of rotatable bonds is 4. The van der Waals surface area contributed by atoms with Crippen molar-refractivity contribution in [3.05, 3.63) is 169 Å². The Hall–Kier alpha value is -5.86. The molecule has 0 aliphatic heterocycles. The van der Waals surface area contributed by atoms with Gasteiger partial charge in [-0.05, 0) is 72.1 Å². The third-order valence-electron chi connectivity index (χ3n) is 9.16. The molecule has 0 bridgehead atoms. The van der Waals surface area contributed by atoms with Crippen LogP contribution in [-0.2, 0) is 0 Å². The first-order valence-electron chi connectivity index (χ1n) is 15.5. The molecule has 7 aromatic carbocycles. The lowest BCUT2D eigenvalue weighted by molar-refractivity contribution is 1.15. The van der Waals surface area contributed by atoms with E-state index in [9.17, 15) is 0 Å². The van der Waals surface area contributed by atoms with Crippen molar-refractivity contribution in [1.82, 2.24) is 9.13 Å². The lowest BCUT2D eigenvalue weighted by Gasteiger charge is -2.18. The summed E-state index contributed by atoms with van der Waals surface area (Å²) in [6.07, 6.45) is 0. The Morgan fingerprint density at radius 1 is 0.356 bits per heavy atom. The van der Waals surface area contributed by atoms with Gasteiger partial charge in [0, 0.05) is 32.8 Å². The second kappa shape index (κ2) is 10.1. The van der Waals surface area contributed by atoms with Crippen LogP contribution in [-0.4, -0.2) is 9.13 Å². The summed E-state index contributed by atoms with van der Waals surface area (Å²) < 4.78 is 4.85. The Kier molecular flexibility index (Phi) is 5.76. The van der Waals surface area contributed by atoms with Crippen molar-refractivity contribution < 1.29 is 0 Å². The predicted molar refractivity (Wildman–Crippen MR) is 191 cm³/mol. The Morgan fingerprint density at radius 3 is 1.38 bits per heavy atom. The number of fused-ring (bicyclic) bond motifs is 6. The van der Waals surface area contributed by atoms with Gasteiger partial charge < -0.3 is 9.13 Å². The fourth-order valence-corrected chi connectivity index (χ4v) is 7.16. The van der Waals surface area contributed by atoms with E-state index in [4.69, 9.17) is 0 Å². The summed E-state index contributed by atoms with van der Waals surface area (Å²) in [5.74, 6) is 0. The molecule has 2 heterocycles. The predicted octanol–water partition coefficient (Wildman–Crippen LogP) is 11.5. The summed E-state index contributed by atoms with van der Waals surface area (Å²) in [7, 11) is 0. The van der Waals surface area contributed by atoms with Crippen LogP contribution in [0.15, 0.2) is 164 Å². The number of aryl methyl sites for hydroxylation is 1. The molecule has 2 nitrogen and oxygen atoms in total. The number of hydrogen-bond acceptors (Lipinski definition) is 0. The maximum Gasteiger partial charge on any atom is 0.0542 e. The van der Waals surface area contributed by atoms with Gasteiger partial charge in [0.15, 0.2) is 0 Å². The van der Waals surface area contributed by atoms with Crippen molar-refractivity contribution in [3.8, 4) is 33.6 Å². The van der Waals surface area contributed by atoms with Crippen molar-refractivity contribution in [1.29, 1.82) is 0 Å². The molecule has 0 atom stereocenters. The first kappa shape index (κ1) is 25.6. The minimum absolute atomic E-state index is 1.15. The van der Waals surface area contributed by atoms with Gasteiger partial charge in [-0.3, -0.25) is 0 Å². The maximum absolute atomic E-state index is 2.44. The molecule has 9 aromatic rings. The van der Waals surface area contributed by atoms with Crippen molar-refractivity contribution >= 4 is 43.6 Å². The third-order valence-corrected chi connectivity index (χ3v) is 9.16. The Balaban J connectivity index is 1.36. The van der Waals surface area contributed by atoms with E-state index in [1.165, 1.54) is 77.1 Å². The van der Waals surface area contributed by atoms with Crippen LogP contribution in [0.1, 0.15) is 5.56 Å². The Morgan fingerprint density at radius 2 is 0.822 bits per heavy atom. The molecule has 2 aromatic heterocycles.